The Labute approximate surface area is 151 Å². The van der Waals surface area contributed by atoms with E-state index in [9.17, 15) is 4.79 Å². The summed E-state index contributed by atoms with van der Waals surface area (Å²) in [6.07, 6.45) is 3.15. The fraction of sp³-hybridized carbons (Fsp3) is 0.0952. The van der Waals surface area contributed by atoms with E-state index >= 15 is 0 Å². The van der Waals surface area contributed by atoms with Gasteiger partial charge in [0.1, 0.15) is 17.3 Å². The summed E-state index contributed by atoms with van der Waals surface area (Å²) in [6, 6.07) is 16.4. The molecule has 2 aromatic carbocycles. The number of benzene rings is 2. The van der Waals surface area contributed by atoms with Gasteiger partial charge in [0.25, 0.3) is 0 Å². The summed E-state index contributed by atoms with van der Waals surface area (Å²) in [5.41, 5.74) is 2.51. The lowest BCUT2D eigenvalue weighted by atomic mass is 10.1. The molecule has 0 bridgehead atoms. The van der Waals surface area contributed by atoms with Gasteiger partial charge in [-0.15, -0.1) is 0 Å². The summed E-state index contributed by atoms with van der Waals surface area (Å²) < 4.78 is 10.9. The van der Waals surface area contributed by atoms with Crippen LogP contribution < -0.4 is 4.74 Å². The van der Waals surface area contributed by atoms with Gasteiger partial charge in [0, 0.05) is 16.1 Å². The topological polar surface area (TPSA) is 39.4 Å². The van der Waals surface area contributed by atoms with Crippen molar-refractivity contribution in [1.82, 2.24) is 0 Å². The lowest BCUT2D eigenvalue weighted by Gasteiger charge is -2.01. The van der Waals surface area contributed by atoms with Crippen molar-refractivity contribution >= 4 is 23.5 Å². The maximum Gasteiger partial charge on any atom is 0.185 e. The van der Waals surface area contributed by atoms with E-state index in [1.807, 2.05) is 37.3 Å². The molecule has 0 aliphatic carbocycles. The Hall–Kier alpha value is -2.78. The number of carbonyl (C=O) groups excluding carboxylic acids is 1. The number of ether oxygens (including phenoxy) is 1. The number of furan rings is 1. The minimum atomic E-state index is -0.0982. The Morgan fingerprint density at radius 1 is 1.08 bits per heavy atom. The van der Waals surface area contributed by atoms with Crippen molar-refractivity contribution < 1.29 is 13.9 Å². The first kappa shape index (κ1) is 17.1. The molecule has 3 nitrogen and oxygen atoms in total. The molecule has 0 aliphatic heterocycles. The molecule has 3 aromatic rings. The second kappa shape index (κ2) is 7.41. The molecule has 0 unspecified atom stereocenters. The molecular formula is C21H17ClO3. The number of hydrogen-bond acceptors (Lipinski definition) is 3. The third kappa shape index (κ3) is 4.01. The fourth-order valence-electron chi connectivity index (χ4n) is 2.35. The lowest BCUT2D eigenvalue weighted by Crippen LogP contribution is -1.93. The van der Waals surface area contributed by atoms with Crippen LogP contribution in [0.15, 0.2) is 65.1 Å². The second-order valence-electron chi connectivity index (χ2n) is 5.59. The number of methoxy groups -OCH3 is 1. The Kier molecular flexibility index (Phi) is 5.05. The molecule has 3 rings (SSSR count). The molecule has 126 valence electrons. The van der Waals surface area contributed by atoms with Gasteiger partial charge in [0.05, 0.1) is 7.11 Å². The highest BCUT2D eigenvalue weighted by Crippen LogP contribution is 2.27. The number of rotatable bonds is 5. The third-order valence-corrected chi connectivity index (χ3v) is 4.26. The zero-order valence-electron chi connectivity index (χ0n) is 14.0. The predicted molar refractivity (Wildman–Crippen MR) is 100 cm³/mol. The van der Waals surface area contributed by atoms with Gasteiger partial charge >= 0.3 is 0 Å². The Morgan fingerprint density at radius 2 is 1.84 bits per heavy atom. The van der Waals surface area contributed by atoms with Crippen molar-refractivity contribution in [3.8, 4) is 17.1 Å². The average molecular weight is 353 g/mol. The maximum absolute atomic E-state index is 12.2. The van der Waals surface area contributed by atoms with Crippen LogP contribution in [0.5, 0.6) is 5.75 Å². The van der Waals surface area contributed by atoms with Crippen molar-refractivity contribution in [3.63, 3.8) is 0 Å². The summed E-state index contributed by atoms with van der Waals surface area (Å²) in [7, 11) is 1.59. The molecule has 0 saturated carbocycles. The summed E-state index contributed by atoms with van der Waals surface area (Å²) >= 11 is 6.15. The van der Waals surface area contributed by atoms with Crippen LogP contribution in [0.4, 0.5) is 0 Å². The fourth-order valence-corrected chi connectivity index (χ4v) is 2.53. The van der Waals surface area contributed by atoms with Crippen LogP contribution in [-0.2, 0) is 0 Å². The first-order chi connectivity index (χ1) is 12.1. The molecule has 1 heterocycles. The summed E-state index contributed by atoms with van der Waals surface area (Å²) in [4.78, 5) is 12.2. The molecule has 0 radical (unpaired) electrons. The van der Waals surface area contributed by atoms with Crippen molar-refractivity contribution in [2.75, 3.05) is 7.11 Å². The average Bonchev–Trinajstić information content (AvgIpc) is 3.11. The zero-order chi connectivity index (χ0) is 17.8. The largest absolute Gasteiger partial charge is 0.497 e. The minimum Gasteiger partial charge on any atom is -0.497 e. The van der Waals surface area contributed by atoms with E-state index in [0.29, 0.717) is 27.9 Å². The molecule has 0 fully saturated rings. The standard InChI is InChI=1S/C21H17ClO3/c1-14-3-4-16(13-19(14)22)21-12-10-18(25-21)9-11-20(23)15-5-7-17(24-2)8-6-15/h3-13H,1-2H3/b11-9+. The number of ketones is 1. The Balaban J connectivity index is 1.74. The van der Waals surface area contributed by atoms with Gasteiger partial charge in [-0.3, -0.25) is 4.79 Å². The number of aryl methyl sites for hydroxylation is 1. The van der Waals surface area contributed by atoms with Gasteiger partial charge in [0.2, 0.25) is 0 Å². The summed E-state index contributed by atoms with van der Waals surface area (Å²) in [5.74, 6) is 1.93. The molecule has 0 saturated heterocycles. The highest BCUT2D eigenvalue weighted by molar-refractivity contribution is 6.31. The second-order valence-corrected chi connectivity index (χ2v) is 6.00. The van der Waals surface area contributed by atoms with Crippen LogP contribution in [0.25, 0.3) is 17.4 Å². The molecule has 0 atom stereocenters. The van der Waals surface area contributed by atoms with E-state index in [-0.39, 0.29) is 5.78 Å². The predicted octanol–water partition coefficient (Wildman–Crippen LogP) is 5.81. The number of allylic oxidation sites excluding steroid dienone is 1. The van der Waals surface area contributed by atoms with Crippen molar-refractivity contribution in [3.05, 3.63) is 82.6 Å². The molecule has 0 spiro atoms. The van der Waals surface area contributed by atoms with Gasteiger partial charge in [-0.1, -0.05) is 23.7 Å². The minimum absolute atomic E-state index is 0.0982. The normalized spacial score (nSPS) is 11.0. The van der Waals surface area contributed by atoms with Crippen LogP contribution >= 0.6 is 11.6 Å². The monoisotopic (exact) mass is 352 g/mol. The number of carbonyl (C=O) groups is 1. The van der Waals surface area contributed by atoms with Gasteiger partial charge in [0.15, 0.2) is 5.78 Å². The smallest absolute Gasteiger partial charge is 0.185 e. The zero-order valence-corrected chi connectivity index (χ0v) is 14.7. The SMILES string of the molecule is COc1ccc(C(=O)/C=C/c2ccc(-c3ccc(C)c(Cl)c3)o2)cc1. The van der Waals surface area contributed by atoms with Crippen molar-refractivity contribution in [2.45, 2.75) is 6.92 Å². The van der Waals surface area contributed by atoms with E-state index in [0.717, 1.165) is 11.1 Å². The maximum atomic E-state index is 12.2. The van der Waals surface area contributed by atoms with Crippen molar-refractivity contribution in [2.24, 2.45) is 0 Å². The van der Waals surface area contributed by atoms with E-state index in [1.54, 1.807) is 37.5 Å². The first-order valence-electron chi connectivity index (χ1n) is 7.79. The Bertz CT molecular complexity index is 921. The van der Waals surface area contributed by atoms with E-state index in [1.165, 1.54) is 6.08 Å². The first-order valence-corrected chi connectivity index (χ1v) is 8.17. The highest BCUT2D eigenvalue weighted by Gasteiger charge is 2.06. The molecule has 25 heavy (non-hydrogen) atoms. The Morgan fingerprint density at radius 3 is 2.52 bits per heavy atom. The number of hydrogen-bond donors (Lipinski definition) is 0. The van der Waals surface area contributed by atoms with Gasteiger partial charge in [-0.05, 0) is 67.1 Å². The van der Waals surface area contributed by atoms with Crippen LogP contribution in [-0.4, -0.2) is 12.9 Å². The van der Waals surface area contributed by atoms with E-state index in [4.69, 9.17) is 20.8 Å². The van der Waals surface area contributed by atoms with Gasteiger partial charge < -0.3 is 9.15 Å². The van der Waals surface area contributed by atoms with E-state index < -0.39 is 0 Å². The van der Waals surface area contributed by atoms with Crippen LogP contribution in [0.1, 0.15) is 21.7 Å². The number of halogens is 1. The van der Waals surface area contributed by atoms with Crippen molar-refractivity contribution in [1.29, 1.82) is 0 Å². The van der Waals surface area contributed by atoms with Gasteiger partial charge in [-0.25, -0.2) is 0 Å². The van der Waals surface area contributed by atoms with Crippen LogP contribution in [0.2, 0.25) is 5.02 Å². The third-order valence-electron chi connectivity index (χ3n) is 3.86. The summed E-state index contributed by atoms with van der Waals surface area (Å²) in [5, 5.41) is 0.695. The molecule has 4 heteroatoms. The summed E-state index contributed by atoms with van der Waals surface area (Å²) in [6.45, 7) is 1.95. The van der Waals surface area contributed by atoms with Crippen LogP contribution in [0.3, 0.4) is 0 Å². The molecule has 1 aromatic heterocycles. The molecule has 0 amide bonds. The van der Waals surface area contributed by atoms with Gasteiger partial charge in [-0.2, -0.15) is 0 Å². The molecular weight excluding hydrogens is 336 g/mol. The highest BCUT2D eigenvalue weighted by atomic mass is 35.5. The quantitative estimate of drug-likeness (QED) is 0.429. The van der Waals surface area contributed by atoms with Crippen LogP contribution in [0, 0.1) is 6.92 Å². The van der Waals surface area contributed by atoms with E-state index in [2.05, 4.69) is 0 Å². The lowest BCUT2D eigenvalue weighted by molar-refractivity contribution is 0.104. The molecule has 0 N–H and O–H groups in total. The molecule has 0 aliphatic rings.